The lowest BCUT2D eigenvalue weighted by Gasteiger charge is -2.20. The van der Waals surface area contributed by atoms with Gasteiger partial charge < -0.3 is 20.5 Å². The molecule has 0 spiro atoms. The van der Waals surface area contributed by atoms with E-state index in [0.29, 0.717) is 13.2 Å². The summed E-state index contributed by atoms with van der Waals surface area (Å²) >= 11 is 0. The van der Waals surface area contributed by atoms with E-state index in [9.17, 15) is 14.7 Å². The van der Waals surface area contributed by atoms with Crippen LogP contribution in [-0.4, -0.2) is 49.3 Å². The van der Waals surface area contributed by atoms with E-state index in [1.165, 1.54) is 0 Å². The zero-order valence-electron chi connectivity index (χ0n) is 11.9. The van der Waals surface area contributed by atoms with E-state index < -0.39 is 12.0 Å². The number of hydrogen-bond donors (Lipinski definition) is 3. The van der Waals surface area contributed by atoms with Gasteiger partial charge in [0.2, 0.25) is 5.91 Å². The Balaban J connectivity index is 1.99. The molecule has 6 nitrogen and oxygen atoms in total. The summed E-state index contributed by atoms with van der Waals surface area (Å²) in [5.74, 6) is -1.67. The lowest BCUT2D eigenvalue weighted by Crippen LogP contribution is -2.49. The van der Waals surface area contributed by atoms with Crippen LogP contribution >= 0.6 is 0 Å². The number of likely N-dealkylation sites (N-methyl/N-ethyl adjacent to an activating group) is 1. The minimum absolute atomic E-state index is 0.0730. The molecule has 1 heterocycles. The smallest absolute Gasteiger partial charge is 0.326 e. The molecular formula is C15H20N2O4. The molecule has 0 bridgehead atoms. The van der Waals surface area contributed by atoms with Crippen molar-refractivity contribution in [1.82, 2.24) is 10.6 Å². The molecule has 0 radical (unpaired) electrons. The molecule has 0 saturated carbocycles. The first kappa shape index (κ1) is 15.5. The number of carbonyl (C=O) groups is 2. The van der Waals surface area contributed by atoms with E-state index in [-0.39, 0.29) is 24.3 Å². The van der Waals surface area contributed by atoms with Gasteiger partial charge in [0.1, 0.15) is 6.04 Å². The number of amides is 1. The topological polar surface area (TPSA) is 87.7 Å². The van der Waals surface area contributed by atoms with Crippen LogP contribution in [0.1, 0.15) is 5.56 Å². The van der Waals surface area contributed by atoms with Gasteiger partial charge in [-0.25, -0.2) is 4.79 Å². The number of rotatable bonds is 6. The second kappa shape index (κ2) is 7.19. The molecule has 1 fully saturated rings. The fourth-order valence-electron chi connectivity index (χ4n) is 2.43. The third kappa shape index (κ3) is 4.03. The Kier molecular flexibility index (Phi) is 5.30. The van der Waals surface area contributed by atoms with E-state index in [1.54, 1.807) is 7.05 Å². The molecule has 21 heavy (non-hydrogen) atoms. The molecule has 1 aliphatic rings. The summed E-state index contributed by atoms with van der Waals surface area (Å²) in [7, 11) is 1.76. The van der Waals surface area contributed by atoms with Crippen LogP contribution in [0.3, 0.4) is 0 Å². The highest BCUT2D eigenvalue weighted by Gasteiger charge is 2.34. The first-order chi connectivity index (χ1) is 10.1. The molecule has 1 amide bonds. The maximum atomic E-state index is 12.2. The van der Waals surface area contributed by atoms with Gasteiger partial charge in [-0.1, -0.05) is 30.3 Å². The minimum Gasteiger partial charge on any atom is -0.480 e. The number of benzene rings is 1. The number of carbonyl (C=O) groups excluding carboxylic acids is 1. The average Bonchev–Trinajstić information content (AvgIpc) is 2.96. The van der Waals surface area contributed by atoms with Crippen molar-refractivity contribution in [2.45, 2.75) is 18.5 Å². The molecular weight excluding hydrogens is 272 g/mol. The highest BCUT2D eigenvalue weighted by molar-refractivity contribution is 5.85. The van der Waals surface area contributed by atoms with E-state index in [4.69, 9.17) is 4.74 Å². The highest BCUT2D eigenvalue weighted by atomic mass is 16.5. The third-order valence-electron chi connectivity index (χ3n) is 3.69. The Labute approximate surface area is 123 Å². The van der Waals surface area contributed by atoms with Crippen molar-refractivity contribution in [1.29, 1.82) is 0 Å². The molecule has 1 aromatic rings. The van der Waals surface area contributed by atoms with Gasteiger partial charge in [-0.2, -0.15) is 0 Å². The van der Waals surface area contributed by atoms with Gasteiger partial charge in [0.05, 0.1) is 19.1 Å². The maximum absolute atomic E-state index is 12.2. The second-order valence-electron chi connectivity index (χ2n) is 5.13. The predicted molar refractivity (Wildman–Crippen MR) is 76.9 cm³/mol. The molecule has 0 aromatic heterocycles. The van der Waals surface area contributed by atoms with Crippen molar-refractivity contribution in [2.24, 2.45) is 5.92 Å². The van der Waals surface area contributed by atoms with Crippen LogP contribution in [0, 0.1) is 5.92 Å². The molecule has 0 aliphatic carbocycles. The summed E-state index contributed by atoms with van der Waals surface area (Å²) in [6.45, 7) is 0.778. The largest absolute Gasteiger partial charge is 0.480 e. The molecule has 3 atom stereocenters. The van der Waals surface area contributed by atoms with Crippen LogP contribution in [-0.2, 0) is 20.7 Å². The maximum Gasteiger partial charge on any atom is 0.326 e. The normalized spacial score (nSPS) is 22.7. The van der Waals surface area contributed by atoms with Crippen LogP contribution in [0.2, 0.25) is 0 Å². The van der Waals surface area contributed by atoms with Crippen molar-refractivity contribution in [3.63, 3.8) is 0 Å². The van der Waals surface area contributed by atoms with Crippen LogP contribution in [0.15, 0.2) is 30.3 Å². The number of ether oxygens (including phenoxy) is 1. The summed E-state index contributed by atoms with van der Waals surface area (Å²) < 4.78 is 5.27. The average molecular weight is 292 g/mol. The molecule has 3 N–H and O–H groups in total. The molecule has 2 unspecified atom stereocenters. The molecule has 2 rings (SSSR count). The van der Waals surface area contributed by atoms with E-state index in [1.807, 2.05) is 30.3 Å². The van der Waals surface area contributed by atoms with Gasteiger partial charge in [0, 0.05) is 12.5 Å². The van der Waals surface area contributed by atoms with Gasteiger partial charge in [0.25, 0.3) is 0 Å². The summed E-state index contributed by atoms with van der Waals surface area (Å²) in [5, 5.41) is 14.9. The molecule has 1 aliphatic heterocycles. The zero-order chi connectivity index (χ0) is 15.2. The Morgan fingerprint density at radius 1 is 1.33 bits per heavy atom. The van der Waals surface area contributed by atoms with Crippen LogP contribution < -0.4 is 10.6 Å². The summed E-state index contributed by atoms with van der Waals surface area (Å²) in [6.07, 6.45) is 0.264. The Hall–Kier alpha value is -1.92. The van der Waals surface area contributed by atoms with Crippen LogP contribution in [0.25, 0.3) is 0 Å². The quantitative estimate of drug-likeness (QED) is 0.689. The van der Waals surface area contributed by atoms with Gasteiger partial charge >= 0.3 is 5.97 Å². The molecule has 6 heteroatoms. The van der Waals surface area contributed by atoms with Gasteiger partial charge in [-0.15, -0.1) is 0 Å². The standard InChI is InChI=1S/C15H20N2O4/c1-16-13-9-21-8-11(13)14(18)17-12(15(19)20)7-10-5-3-2-4-6-10/h2-6,11-13,16H,7-9H2,1H3,(H,17,18)(H,19,20)/t11?,12-,13?/m1/s1. The van der Waals surface area contributed by atoms with Crippen molar-refractivity contribution in [3.8, 4) is 0 Å². The van der Waals surface area contributed by atoms with Crippen LogP contribution in [0.4, 0.5) is 0 Å². The van der Waals surface area contributed by atoms with E-state index in [0.717, 1.165) is 5.56 Å². The molecule has 1 saturated heterocycles. The molecule has 1 aromatic carbocycles. The fourth-order valence-corrected chi connectivity index (χ4v) is 2.43. The third-order valence-corrected chi connectivity index (χ3v) is 3.69. The Morgan fingerprint density at radius 2 is 2.05 bits per heavy atom. The van der Waals surface area contributed by atoms with Gasteiger partial charge in [0.15, 0.2) is 0 Å². The lowest BCUT2D eigenvalue weighted by atomic mass is 10.0. The first-order valence-electron chi connectivity index (χ1n) is 6.94. The highest BCUT2D eigenvalue weighted by Crippen LogP contribution is 2.14. The Morgan fingerprint density at radius 3 is 2.67 bits per heavy atom. The second-order valence-corrected chi connectivity index (χ2v) is 5.13. The van der Waals surface area contributed by atoms with Crippen LogP contribution in [0.5, 0.6) is 0 Å². The van der Waals surface area contributed by atoms with E-state index >= 15 is 0 Å². The van der Waals surface area contributed by atoms with Crippen molar-refractivity contribution < 1.29 is 19.4 Å². The fraction of sp³-hybridized carbons (Fsp3) is 0.467. The van der Waals surface area contributed by atoms with Crippen molar-refractivity contribution >= 4 is 11.9 Å². The monoisotopic (exact) mass is 292 g/mol. The van der Waals surface area contributed by atoms with Crippen molar-refractivity contribution in [3.05, 3.63) is 35.9 Å². The molecule has 114 valence electrons. The Bertz CT molecular complexity index is 492. The number of nitrogens with one attached hydrogen (secondary N) is 2. The number of aliphatic carboxylic acids is 1. The number of hydrogen-bond acceptors (Lipinski definition) is 4. The summed E-state index contributed by atoms with van der Waals surface area (Å²) in [6, 6.07) is 8.24. The lowest BCUT2D eigenvalue weighted by molar-refractivity contribution is -0.142. The van der Waals surface area contributed by atoms with Gasteiger partial charge in [-0.05, 0) is 12.6 Å². The SMILES string of the molecule is CNC1COCC1C(=O)N[C@H](Cc1ccccc1)C(=O)O. The first-order valence-corrected chi connectivity index (χ1v) is 6.94. The predicted octanol–water partition coefficient (Wildman–Crippen LogP) is 0.0329. The van der Waals surface area contributed by atoms with E-state index in [2.05, 4.69) is 10.6 Å². The van der Waals surface area contributed by atoms with Crippen molar-refractivity contribution in [2.75, 3.05) is 20.3 Å². The number of carboxylic acids is 1. The minimum atomic E-state index is -1.04. The van der Waals surface area contributed by atoms with Gasteiger partial charge in [-0.3, -0.25) is 4.79 Å². The summed E-state index contributed by atoms with van der Waals surface area (Å²) in [4.78, 5) is 23.6. The summed E-state index contributed by atoms with van der Waals surface area (Å²) in [5.41, 5.74) is 0.873. The number of carboxylic acid groups (broad SMARTS) is 1. The zero-order valence-corrected chi connectivity index (χ0v) is 11.9.